The second-order valence-corrected chi connectivity index (χ2v) is 4.37. The van der Waals surface area contributed by atoms with E-state index >= 15 is 0 Å². The Hall–Kier alpha value is -1.29. The third kappa shape index (κ3) is 2.11. The summed E-state index contributed by atoms with van der Waals surface area (Å²) in [4.78, 5) is 4.10. The van der Waals surface area contributed by atoms with Crippen molar-refractivity contribution in [2.45, 2.75) is 19.3 Å². The van der Waals surface area contributed by atoms with Crippen molar-refractivity contribution in [3.05, 3.63) is 17.8 Å². The summed E-state index contributed by atoms with van der Waals surface area (Å²) < 4.78 is 10.4. The van der Waals surface area contributed by atoms with Gasteiger partial charge in [0.2, 0.25) is 5.88 Å². The standard InChI is InChI=1S/C12H17NO3/c1-15-10-7-13-11(16-2)5-9(10)6-12(8-14)3-4-12/h5,7,14H,3-4,6,8H2,1-2H3. The van der Waals surface area contributed by atoms with Crippen molar-refractivity contribution in [1.82, 2.24) is 4.98 Å². The number of hydrogen-bond acceptors (Lipinski definition) is 4. The van der Waals surface area contributed by atoms with E-state index < -0.39 is 0 Å². The van der Waals surface area contributed by atoms with Crippen molar-refractivity contribution in [2.75, 3.05) is 20.8 Å². The van der Waals surface area contributed by atoms with E-state index in [4.69, 9.17) is 9.47 Å². The highest BCUT2D eigenvalue weighted by molar-refractivity contribution is 5.36. The van der Waals surface area contributed by atoms with E-state index in [1.807, 2.05) is 6.07 Å². The minimum atomic E-state index is 0.0691. The van der Waals surface area contributed by atoms with E-state index in [0.717, 1.165) is 30.6 Å². The monoisotopic (exact) mass is 223 g/mol. The maximum Gasteiger partial charge on any atom is 0.213 e. The van der Waals surface area contributed by atoms with Gasteiger partial charge in [0.25, 0.3) is 0 Å². The van der Waals surface area contributed by atoms with Gasteiger partial charge in [-0.15, -0.1) is 0 Å². The fourth-order valence-electron chi connectivity index (χ4n) is 1.87. The van der Waals surface area contributed by atoms with E-state index in [0.29, 0.717) is 5.88 Å². The lowest BCUT2D eigenvalue weighted by atomic mass is 9.97. The number of hydrogen-bond donors (Lipinski definition) is 1. The van der Waals surface area contributed by atoms with Gasteiger partial charge in [-0.1, -0.05) is 0 Å². The Balaban J connectivity index is 2.23. The predicted octanol–water partition coefficient (Wildman–Crippen LogP) is 1.41. The fourth-order valence-corrected chi connectivity index (χ4v) is 1.87. The van der Waals surface area contributed by atoms with Gasteiger partial charge in [0.15, 0.2) is 0 Å². The molecule has 0 spiro atoms. The Morgan fingerprint density at radius 1 is 1.38 bits per heavy atom. The summed E-state index contributed by atoms with van der Waals surface area (Å²) in [5.74, 6) is 1.35. The molecule has 4 nitrogen and oxygen atoms in total. The lowest BCUT2D eigenvalue weighted by molar-refractivity contribution is 0.210. The molecule has 1 aromatic rings. The van der Waals surface area contributed by atoms with Crippen LogP contribution < -0.4 is 9.47 Å². The summed E-state index contributed by atoms with van der Waals surface area (Å²) in [6, 6.07) is 1.88. The first kappa shape index (κ1) is 11.2. The Bertz CT molecular complexity index is 375. The number of aromatic nitrogens is 1. The molecular formula is C12H17NO3. The normalized spacial score (nSPS) is 16.9. The van der Waals surface area contributed by atoms with Crippen molar-refractivity contribution in [2.24, 2.45) is 5.41 Å². The number of aliphatic hydroxyl groups is 1. The van der Waals surface area contributed by atoms with Gasteiger partial charge >= 0.3 is 0 Å². The van der Waals surface area contributed by atoms with Gasteiger partial charge in [0, 0.05) is 18.2 Å². The zero-order valence-corrected chi connectivity index (χ0v) is 9.69. The third-order valence-electron chi connectivity index (χ3n) is 3.21. The fraction of sp³-hybridized carbons (Fsp3) is 0.583. The first-order valence-corrected chi connectivity index (χ1v) is 5.41. The third-order valence-corrected chi connectivity index (χ3v) is 3.21. The molecule has 0 aromatic carbocycles. The van der Waals surface area contributed by atoms with E-state index in [1.165, 1.54) is 0 Å². The van der Waals surface area contributed by atoms with Crippen LogP contribution in [0.1, 0.15) is 18.4 Å². The van der Waals surface area contributed by atoms with Crippen molar-refractivity contribution in [3.8, 4) is 11.6 Å². The van der Waals surface area contributed by atoms with E-state index in [2.05, 4.69) is 4.98 Å². The molecule has 16 heavy (non-hydrogen) atoms. The zero-order valence-electron chi connectivity index (χ0n) is 9.69. The molecule has 0 aliphatic heterocycles. The molecule has 1 N–H and O–H groups in total. The van der Waals surface area contributed by atoms with E-state index in [1.54, 1.807) is 20.4 Å². The smallest absolute Gasteiger partial charge is 0.213 e. The highest BCUT2D eigenvalue weighted by Crippen LogP contribution is 2.49. The SMILES string of the molecule is COc1cc(CC2(CO)CC2)c(OC)cn1. The highest BCUT2D eigenvalue weighted by Gasteiger charge is 2.42. The number of nitrogens with zero attached hydrogens (tertiary/aromatic N) is 1. The van der Waals surface area contributed by atoms with Crippen molar-refractivity contribution in [1.29, 1.82) is 0 Å². The average Bonchev–Trinajstić information content (AvgIpc) is 3.09. The van der Waals surface area contributed by atoms with Crippen molar-refractivity contribution < 1.29 is 14.6 Å². The molecule has 0 radical (unpaired) electrons. The molecule has 1 aromatic heterocycles. The largest absolute Gasteiger partial charge is 0.495 e. The van der Waals surface area contributed by atoms with Crippen LogP contribution in [0.25, 0.3) is 0 Å². The maximum atomic E-state index is 9.32. The molecule has 1 saturated carbocycles. The number of aliphatic hydroxyl groups excluding tert-OH is 1. The maximum absolute atomic E-state index is 9.32. The summed E-state index contributed by atoms with van der Waals surface area (Å²) in [6.07, 6.45) is 4.65. The lowest BCUT2D eigenvalue weighted by Crippen LogP contribution is -2.11. The predicted molar refractivity (Wildman–Crippen MR) is 59.8 cm³/mol. The van der Waals surface area contributed by atoms with Crippen LogP contribution in [0.2, 0.25) is 0 Å². The molecule has 0 atom stereocenters. The molecule has 0 amide bonds. The number of rotatable bonds is 5. The van der Waals surface area contributed by atoms with Gasteiger partial charge in [0.05, 0.1) is 20.4 Å². The van der Waals surface area contributed by atoms with Gasteiger partial charge < -0.3 is 14.6 Å². The minimum absolute atomic E-state index is 0.0691. The molecule has 1 aliphatic carbocycles. The highest BCUT2D eigenvalue weighted by atomic mass is 16.5. The molecule has 2 rings (SSSR count). The molecule has 1 fully saturated rings. The lowest BCUT2D eigenvalue weighted by Gasteiger charge is -2.14. The van der Waals surface area contributed by atoms with Crippen molar-refractivity contribution >= 4 is 0 Å². The molecule has 88 valence electrons. The zero-order chi connectivity index (χ0) is 11.6. The van der Waals surface area contributed by atoms with Gasteiger partial charge in [-0.2, -0.15) is 0 Å². The van der Waals surface area contributed by atoms with Crippen LogP contribution in [0.5, 0.6) is 11.6 Å². The second kappa shape index (κ2) is 4.29. The van der Waals surface area contributed by atoms with Crippen LogP contribution in [0.4, 0.5) is 0 Å². The number of pyridine rings is 1. The molecule has 0 unspecified atom stereocenters. The molecule has 1 heterocycles. The van der Waals surface area contributed by atoms with Gasteiger partial charge in [-0.25, -0.2) is 4.98 Å². The number of methoxy groups -OCH3 is 2. The minimum Gasteiger partial charge on any atom is -0.495 e. The van der Waals surface area contributed by atoms with Gasteiger partial charge in [0.1, 0.15) is 5.75 Å². The molecular weight excluding hydrogens is 206 g/mol. The molecule has 0 bridgehead atoms. The van der Waals surface area contributed by atoms with E-state index in [9.17, 15) is 5.11 Å². The quantitative estimate of drug-likeness (QED) is 0.820. The summed E-state index contributed by atoms with van der Waals surface area (Å²) >= 11 is 0. The topological polar surface area (TPSA) is 51.6 Å². The molecule has 1 aliphatic rings. The van der Waals surface area contributed by atoms with Crippen LogP contribution in [-0.4, -0.2) is 30.9 Å². The Morgan fingerprint density at radius 2 is 2.12 bits per heavy atom. The Morgan fingerprint density at radius 3 is 2.62 bits per heavy atom. The van der Waals surface area contributed by atoms with E-state index in [-0.39, 0.29) is 12.0 Å². The van der Waals surface area contributed by atoms with Crippen LogP contribution in [0, 0.1) is 5.41 Å². The number of ether oxygens (including phenoxy) is 2. The summed E-state index contributed by atoms with van der Waals surface area (Å²) in [5.41, 5.74) is 1.13. The Kier molecular flexibility index (Phi) is 3.01. The van der Waals surface area contributed by atoms with Crippen LogP contribution in [-0.2, 0) is 6.42 Å². The first-order chi connectivity index (χ1) is 7.73. The second-order valence-electron chi connectivity index (χ2n) is 4.37. The van der Waals surface area contributed by atoms with Gasteiger partial charge in [-0.05, 0) is 24.7 Å². The van der Waals surface area contributed by atoms with Crippen LogP contribution in [0.3, 0.4) is 0 Å². The summed E-state index contributed by atoms with van der Waals surface area (Å²) in [6.45, 7) is 0.237. The molecule has 0 saturated heterocycles. The van der Waals surface area contributed by atoms with Crippen LogP contribution >= 0.6 is 0 Å². The molecule has 4 heteroatoms. The average molecular weight is 223 g/mol. The van der Waals surface area contributed by atoms with Crippen molar-refractivity contribution in [3.63, 3.8) is 0 Å². The summed E-state index contributed by atoms with van der Waals surface area (Å²) in [5, 5.41) is 9.32. The summed E-state index contributed by atoms with van der Waals surface area (Å²) in [7, 11) is 3.23. The van der Waals surface area contributed by atoms with Gasteiger partial charge in [-0.3, -0.25) is 0 Å². The Labute approximate surface area is 95.2 Å². The first-order valence-electron chi connectivity index (χ1n) is 5.41. The van der Waals surface area contributed by atoms with Crippen LogP contribution in [0.15, 0.2) is 12.3 Å².